The summed E-state index contributed by atoms with van der Waals surface area (Å²) in [6.45, 7) is 9.50. The van der Waals surface area contributed by atoms with Gasteiger partial charge in [0.1, 0.15) is 19.3 Å². The minimum atomic E-state index is -4.95. The van der Waals surface area contributed by atoms with Gasteiger partial charge in [-0.15, -0.1) is 0 Å². The smallest absolute Gasteiger partial charge is 0.462 e. The number of unbranched alkanes of at least 4 members (excludes halogenated alkanes) is 45. The predicted molar refractivity (Wildman–Crippen MR) is 386 cm³/mol. The summed E-state index contributed by atoms with van der Waals surface area (Å²) in [6, 6.07) is 0. The number of aliphatic hydroxyl groups excluding tert-OH is 1. The Bertz CT molecular complexity index is 1840. The first kappa shape index (κ1) is 93.1. The number of rotatable bonds is 75. The second-order valence-corrected chi connectivity index (χ2v) is 31.3. The molecule has 0 rings (SSSR count). The summed E-state index contributed by atoms with van der Waals surface area (Å²) in [6.07, 6.45) is 56.1. The first-order valence-corrected chi connectivity index (χ1v) is 42.5. The summed E-state index contributed by atoms with van der Waals surface area (Å²) in [4.78, 5) is 72.5. The lowest BCUT2D eigenvalue weighted by atomic mass is 10.0. The molecule has 0 fully saturated rings. The predicted octanol–water partition coefficient (Wildman–Crippen LogP) is 22.3. The van der Waals surface area contributed by atoms with Gasteiger partial charge in [0, 0.05) is 25.7 Å². The van der Waals surface area contributed by atoms with E-state index in [-0.39, 0.29) is 25.7 Å². The van der Waals surface area contributed by atoms with Gasteiger partial charge in [-0.2, -0.15) is 0 Å². The van der Waals surface area contributed by atoms with Crippen molar-refractivity contribution in [2.45, 2.75) is 413 Å². The van der Waals surface area contributed by atoms with Crippen LogP contribution in [0.15, 0.2) is 0 Å². The summed E-state index contributed by atoms with van der Waals surface area (Å²) in [5.41, 5.74) is 0. The zero-order chi connectivity index (χ0) is 70.0. The van der Waals surface area contributed by atoms with Crippen molar-refractivity contribution in [1.29, 1.82) is 0 Å². The van der Waals surface area contributed by atoms with Gasteiger partial charge in [0.2, 0.25) is 0 Å². The van der Waals surface area contributed by atoms with Crippen LogP contribution >= 0.6 is 15.6 Å². The van der Waals surface area contributed by atoms with Gasteiger partial charge in [0.05, 0.1) is 26.4 Å². The lowest BCUT2D eigenvalue weighted by Crippen LogP contribution is -2.30. The van der Waals surface area contributed by atoms with Crippen LogP contribution in [-0.2, 0) is 65.4 Å². The van der Waals surface area contributed by atoms with E-state index in [0.29, 0.717) is 25.7 Å². The summed E-state index contributed by atoms with van der Waals surface area (Å²) in [5.74, 6) is -0.592. The van der Waals surface area contributed by atoms with E-state index in [4.69, 9.17) is 37.0 Å². The standard InChI is InChI=1S/C76H148O17P2/c1-7-9-11-13-14-15-16-17-18-19-20-21-22-23-24-25-26-31-37-42-48-54-60-76(81)93-72(65-87-74(79)59-53-47-41-36-32-27-29-34-39-45-50-56-68(3)4)67-91-95(84,85)89-63-70(77)62-88-94(82,83)90-66-71(64-86-73(78)58-52-44-12-10-8-2)92-75(80)61-55-49-43-38-33-28-30-35-40-46-51-57-69(5)6/h68-72,77H,7-67H2,1-6H3,(H,82,83)(H,84,85)/t70-,71+,72+/m0/s1. The van der Waals surface area contributed by atoms with Crippen molar-refractivity contribution in [3.8, 4) is 0 Å². The highest BCUT2D eigenvalue weighted by atomic mass is 31.2. The molecule has 0 aliphatic carbocycles. The van der Waals surface area contributed by atoms with Gasteiger partial charge in [-0.1, -0.05) is 343 Å². The average molecular weight is 1400 g/mol. The van der Waals surface area contributed by atoms with Crippen LogP contribution in [0.4, 0.5) is 0 Å². The molecule has 0 aliphatic heterocycles. The highest BCUT2D eigenvalue weighted by Gasteiger charge is 2.30. The molecule has 2 unspecified atom stereocenters. The first-order chi connectivity index (χ1) is 45.9. The molecule has 0 spiro atoms. The Hall–Kier alpha value is -1.94. The molecular formula is C76H148O17P2. The van der Waals surface area contributed by atoms with Crippen LogP contribution in [0.25, 0.3) is 0 Å². The summed E-state index contributed by atoms with van der Waals surface area (Å²) < 4.78 is 68.3. The summed E-state index contributed by atoms with van der Waals surface area (Å²) >= 11 is 0. The lowest BCUT2D eigenvalue weighted by molar-refractivity contribution is -0.161. The van der Waals surface area contributed by atoms with Gasteiger partial charge < -0.3 is 33.8 Å². The number of hydrogen-bond acceptors (Lipinski definition) is 15. The fourth-order valence-electron chi connectivity index (χ4n) is 11.7. The van der Waals surface area contributed by atoms with Gasteiger partial charge >= 0.3 is 39.5 Å². The van der Waals surface area contributed by atoms with Gasteiger partial charge in [-0.25, -0.2) is 9.13 Å². The molecule has 0 aromatic carbocycles. The maximum Gasteiger partial charge on any atom is 0.472 e. The van der Waals surface area contributed by atoms with Crippen LogP contribution in [0.2, 0.25) is 0 Å². The molecule has 0 radical (unpaired) electrons. The van der Waals surface area contributed by atoms with E-state index in [0.717, 1.165) is 108 Å². The van der Waals surface area contributed by atoms with Crippen LogP contribution in [0.1, 0.15) is 395 Å². The van der Waals surface area contributed by atoms with Crippen molar-refractivity contribution in [2.75, 3.05) is 39.6 Å². The lowest BCUT2D eigenvalue weighted by Gasteiger charge is -2.21. The van der Waals surface area contributed by atoms with Crippen LogP contribution < -0.4 is 0 Å². The minimum Gasteiger partial charge on any atom is -0.462 e. The largest absolute Gasteiger partial charge is 0.472 e. The molecule has 19 heteroatoms. The number of phosphoric ester groups is 2. The van der Waals surface area contributed by atoms with Crippen molar-refractivity contribution in [2.24, 2.45) is 11.8 Å². The SMILES string of the molecule is CCCCCCCCCCCCCCCCCCCCCCCCC(=O)O[C@H](COC(=O)CCCCCCCCCCCCCC(C)C)COP(=O)(O)OC[C@@H](O)COP(=O)(O)OC[C@@H](COC(=O)CCCCCCC)OC(=O)CCCCCCCCCCCCCC(C)C. The quantitative estimate of drug-likeness (QED) is 0.0222. The Labute approximate surface area is 581 Å². The number of carbonyl (C=O) groups is 4. The Morgan fingerprint density at radius 1 is 0.284 bits per heavy atom. The molecule has 0 aliphatic rings. The number of phosphoric acid groups is 2. The molecule has 17 nitrogen and oxygen atoms in total. The van der Waals surface area contributed by atoms with E-state index in [2.05, 4.69) is 41.5 Å². The molecule has 0 amide bonds. The molecule has 0 bridgehead atoms. The zero-order valence-corrected chi connectivity index (χ0v) is 63.8. The number of ether oxygens (including phenoxy) is 4. The van der Waals surface area contributed by atoms with Crippen LogP contribution in [-0.4, -0.2) is 96.7 Å². The molecule has 3 N–H and O–H groups in total. The van der Waals surface area contributed by atoms with Gasteiger partial charge in [0.15, 0.2) is 12.2 Å². The Balaban J connectivity index is 5.10. The van der Waals surface area contributed by atoms with Crippen LogP contribution in [0.3, 0.4) is 0 Å². The number of esters is 4. The van der Waals surface area contributed by atoms with Crippen molar-refractivity contribution >= 4 is 39.5 Å². The molecule has 564 valence electrons. The van der Waals surface area contributed by atoms with Crippen molar-refractivity contribution in [3.63, 3.8) is 0 Å². The highest BCUT2D eigenvalue weighted by Crippen LogP contribution is 2.45. The van der Waals surface area contributed by atoms with Crippen molar-refractivity contribution in [3.05, 3.63) is 0 Å². The van der Waals surface area contributed by atoms with E-state index < -0.39 is 97.5 Å². The summed E-state index contributed by atoms with van der Waals surface area (Å²) in [5, 5.41) is 10.6. The Morgan fingerprint density at radius 2 is 0.484 bits per heavy atom. The molecule has 5 atom stereocenters. The second kappa shape index (κ2) is 67.9. The molecule has 95 heavy (non-hydrogen) atoms. The third-order valence-corrected chi connectivity index (χ3v) is 19.6. The molecule has 0 aromatic heterocycles. The fraction of sp³-hybridized carbons (Fsp3) is 0.947. The van der Waals surface area contributed by atoms with Crippen molar-refractivity contribution in [1.82, 2.24) is 0 Å². The van der Waals surface area contributed by atoms with E-state index in [1.807, 2.05) is 0 Å². The topological polar surface area (TPSA) is 237 Å². The average Bonchev–Trinajstić information content (AvgIpc) is 1.51. The van der Waals surface area contributed by atoms with Crippen LogP contribution in [0.5, 0.6) is 0 Å². The Kier molecular flexibility index (Phi) is 66.5. The normalized spacial score (nSPS) is 14.0. The third-order valence-electron chi connectivity index (χ3n) is 17.7. The molecule has 0 aromatic rings. The second-order valence-electron chi connectivity index (χ2n) is 28.3. The van der Waals surface area contributed by atoms with Gasteiger partial charge in [-0.05, 0) is 37.5 Å². The first-order valence-electron chi connectivity index (χ1n) is 39.5. The Morgan fingerprint density at radius 3 is 0.716 bits per heavy atom. The minimum absolute atomic E-state index is 0.106. The molecular weight excluding hydrogens is 1250 g/mol. The van der Waals surface area contributed by atoms with E-state index in [1.165, 1.54) is 205 Å². The monoisotopic (exact) mass is 1400 g/mol. The van der Waals surface area contributed by atoms with Crippen molar-refractivity contribution < 1.29 is 80.2 Å². The number of carbonyl (C=O) groups excluding carboxylic acids is 4. The highest BCUT2D eigenvalue weighted by molar-refractivity contribution is 7.47. The molecule has 0 heterocycles. The fourth-order valence-corrected chi connectivity index (χ4v) is 13.2. The summed E-state index contributed by atoms with van der Waals surface area (Å²) in [7, 11) is -9.90. The maximum atomic E-state index is 13.1. The number of aliphatic hydroxyl groups is 1. The van der Waals surface area contributed by atoms with Gasteiger partial charge in [-0.3, -0.25) is 37.3 Å². The van der Waals surface area contributed by atoms with E-state index >= 15 is 0 Å². The van der Waals surface area contributed by atoms with E-state index in [9.17, 15) is 43.2 Å². The van der Waals surface area contributed by atoms with E-state index in [1.54, 1.807) is 0 Å². The maximum absolute atomic E-state index is 13.1. The van der Waals surface area contributed by atoms with Gasteiger partial charge in [0.25, 0.3) is 0 Å². The third kappa shape index (κ3) is 70.3. The molecule has 0 saturated heterocycles. The number of hydrogen-bond donors (Lipinski definition) is 3. The molecule has 0 saturated carbocycles. The zero-order valence-electron chi connectivity index (χ0n) is 62.0. The van der Waals surface area contributed by atoms with Crippen LogP contribution in [0, 0.1) is 11.8 Å².